The van der Waals surface area contributed by atoms with E-state index < -0.39 is 20.5 Å². The van der Waals surface area contributed by atoms with Crippen molar-refractivity contribution in [2.75, 3.05) is 44.2 Å². The van der Waals surface area contributed by atoms with Gasteiger partial charge in [-0.05, 0) is 25.0 Å². The number of aromatic nitrogens is 1. The number of rotatable bonds is 6. The first kappa shape index (κ1) is 22.9. The van der Waals surface area contributed by atoms with Crippen LogP contribution in [-0.2, 0) is 21.4 Å². The summed E-state index contributed by atoms with van der Waals surface area (Å²) in [7, 11) is -3.70. The summed E-state index contributed by atoms with van der Waals surface area (Å²) in [5.41, 5.74) is 0.0627. The van der Waals surface area contributed by atoms with E-state index >= 15 is 0 Å². The van der Waals surface area contributed by atoms with Crippen LogP contribution in [0.15, 0.2) is 52.3 Å². The standard InChI is InChI=1S/C21H25N5O6S/c27-20-8-7-17(33(31,32)25-9-3-4-10-25)15-24(20)16-21(28)23-13-11-22(12-14-23)18-5-1-2-6-19(18)26(29)30/h1-2,5-8,15H,3-4,9-14,16H2. The Balaban J connectivity index is 1.44. The largest absolute Gasteiger partial charge is 0.362 e. The van der Waals surface area contributed by atoms with E-state index in [0.717, 1.165) is 17.4 Å². The summed E-state index contributed by atoms with van der Waals surface area (Å²) in [5, 5.41) is 11.3. The average molecular weight is 476 g/mol. The fourth-order valence-corrected chi connectivity index (χ4v) is 5.73. The molecule has 12 heteroatoms. The molecule has 11 nitrogen and oxygen atoms in total. The van der Waals surface area contributed by atoms with E-state index in [9.17, 15) is 28.1 Å². The number of nitrogens with zero attached hydrogens (tertiary/aromatic N) is 5. The summed E-state index contributed by atoms with van der Waals surface area (Å²) in [5.74, 6) is -0.310. The third kappa shape index (κ3) is 4.76. The molecular weight excluding hydrogens is 450 g/mol. The molecule has 0 aliphatic carbocycles. The number of pyridine rings is 1. The molecule has 2 aromatic rings. The minimum absolute atomic E-state index is 0.00185. The van der Waals surface area contributed by atoms with Crippen molar-refractivity contribution < 1.29 is 18.1 Å². The molecule has 0 spiro atoms. The van der Waals surface area contributed by atoms with Gasteiger partial charge in [-0.3, -0.25) is 19.7 Å². The van der Waals surface area contributed by atoms with Crippen LogP contribution in [-0.4, -0.2) is 72.3 Å². The van der Waals surface area contributed by atoms with Crippen molar-refractivity contribution in [1.29, 1.82) is 0 Å². The number of nitro groups is 1. The van der Waals surface area contributed by atoms with E-state index in [1.165, 1.54) is 28.7 Å². The Kier molecular flexibility index (Phi) is 6.47. The first-order valence-electron chi connectivity index (χ1n) is 10.7. The number of piperazine rings is 1. The summed E-state index contributed by atoms with van der Waals surface area (Å²) in [6.45, 7) is 2.13. The molecule has 0 N–H and O–H groups in total. The van der Waals surface area contributed by atoms with Crippen molar-refractivity contribution in [1.82, 2.24) is 13.8 Å². The lowest BCUT2D eigenvalue weighted by molar-refractivity contribution is -0.384. The van der Waals surface area contributed by atoms with Crippen molar-refractivity contribution in [3.05, 3.63) is 63.1 Å². The molecule has 176 valence electrons. The number of benzene rings is 1. The fraction of sp³-hybridized carbons (Fsp3) is 0.429. The number of carbonyl (C=O) groups is 1. The quantitative estimate of drug-likeness (QED) is 0.449. The average Bonchev–Trinajstić information content (AvgIpc) is 3.36. The summed E-state index contributed by atoms with van der Waals surface area (Å²) < 4.78 is 28.1. The first-order chi connectivity index (χ1) is 15.8. The van der Waals surface area contributed by atoms with Gasteiger partial charge in [0.05, 0.1) is 9.82 Å². The van der Waals surface area contributed by atoms with Crippen molar-refractivity contribution in [3.63, 3.8) is 0 Å². The number of sulfonamides is 1. The van der Waals surface area contributed by atoms with Crippen LogP contribution in [0.5, 0.6) is 0 Å². The first-order valence-corrected chi connectivity index (χ1v) is 12.2. The molecule has 0 radical (unpaired) electrons. The van der Waals surface area contributed by atoms with Crippen LogP contribution >= 0.6 is 0 Å². The highest BCUT2D eigenvalue weighted by molar-refractivity contribution is 7.89. The monoisotopic (exact) mass is 475 g/mol. The van der Waals surface area contributed by atoms with Crippen LogP contribution in [0.25, 0.3) is 0 Å². The number of hydrogen-bond donors (Lipinski definition) is 0. The summed E-state index contributed by atoms with van der Waals surface area (Å²) in [4.78, 5) is 39.4. The van der Waals surface area contributed by atoms with Gasteiger partial charge in [0.1, 0.15) is 12.2 Å². The van der Waals surface area contributed by atoms with Crippen LogP contribution in [0.2, 0.25) is 0 Å². The van der Waals surface area contributed by atoms with Gasteiger partial charge >= 0.3 is 0 Å². The van der Waals surface area contributed by atoms with E-state index in [2.05, 4.69) is 0 Å². The number of carbonyl (C=O) groups excluding carboxylic acids is 1. The zero-order valence-electron chi connectivity index (χ0n) is 18.0. The molecule has 4 rings (SSSR count). The zero-order valence-corrected chi connectivity index (χ0v) is 18.8. The Labute approximate surface area is 191 Å². The number of hydrogen-bond acceptors (Lipinski definition) is 7. The second kappa shape index (κ2) is 9.32. The van der Waals surface area contributed by atoms with Gasteiger partial charge in [-0.2, -0.15) is 4.31 Å². The minimum Gasteiger partial charge on any atom is -0.362 e. The SMILES string of the molecule is O=C(Cn1cc(S(=O)(=O)N2CCCC2)ccc1=O)N1CCN(c2ccccc2[N+](=O)[O-])CC1. The molecule has 0 atom stereocenters. The van der Waals surface area contributed by atoms with Gasteiger partial charge in [-0.25, -0.2) is 8.42 Å². The molecule has 2 aliphatic rings. The third-order valence-corrected chi connectivity index (χ3v) is 7.90. The van der Waals surface area contributed by atoms with E-state index in [1.807, 2.05) is 4.90 Å². The highest BCUT2D eigenvalue weighted by Gasteiger charge is 2.29. The van der Waals surface area contributed by atoms with Gasteiger partial charge in [0.15, 0.2) is 0 Å². The number of anilines is 1. The van der Waals surface area contributed by atoms with Gasteiger partial charge < -0.3 is 14.4 Å². The lowest BCUT2D eigenvalue weighted by Gasteiger charge is -2.35. The second-order valence-corrected chi connectivity index (χ2v) is 9.99. The Bertz CT molecular complexity index is 1210. The van der Waals surface area contributed by atoms with Crippen molar-refractivity contribution in [2.45, 2.75) is 24.3 Å². The van der Waals surface area contributed by atoms with E-state index in [1.54, 1.807) is 23.1 Å². The zero-order chi connectivity index (χ0) is 23.6. The van der Waals surface area contributed by atoms with Crippen LogP contribution in [0.4, 0.5) is 11.4 Å². The van der Waals surface area contributed by atoms with Crippen LogP contribution < -0.4 is 10.5 Å². The molecule has 33 heavy (non-hydrogen) atoms. The van der Waals surface area contributed by atoms with Crippen molar-refractivity contribution in [3.8, 4) is 0 Å². The summed E-state index contributed by atoms with van der Waals surface area (Å²) >= 11 is 0. The lowest BCUT2D eigenvalue weighted by atomic mass is 10.2. The molecule has 2 fully saturated rings. The third-order valence-electron chi connectivity index (χ3n) is 6.02. The number of amides is 1. The van der Waals surface area contributed by atoms with Crippen molar-refractivity contribution >= 4 is 27.3 Å². The van der Waals surface area contributed by atoms with E-state index in [0.29, 0.717) is 45.0 Å². The van der Waals surface area contributed by atoms with Gasteiger partial charge in [0, 0.05) is 57.6 Å². The Hall–Kier alpha value is -3.25. The summed E-state index contributed by atoms with van der Waals surface area (Å²) in [6.07, 6.45) is 2.84. The van der Waals surface area contributed by atoms with Gasteiger partial charge in [-0.15, -0.1) is 0 Å². The molecule has 1 aromatic carbocycles. The molecule has 3 heterocycles. The minimum atomic E-state index is -3.70. The van der Waals surface area contributed by atoms with Crippen LogP contribution in [0.1, 0.15) is 12.8 Å². The topological polar surface area (TPSA) is 126 Å². The normalized spacial score (nSPS) is 17.3. The van der Waals surface area contributed by atoms with Crippen LogP contribution in [0.3, 0.4) is 0 Å². The van der Waals surface area contributed by atoms with Gasteiger partial charge in [-0.1, -0.05) is 12.1 Å². The fourth-order valence-electron chi connectivity index (χ4n) is 4.19. The Morgan fingerprint density at radius 2 is 1.64 bits per heavy atom. The Morgan fingerprint density at radius 3 is 2.30 bits per heavy atom. The van der Waals surface area contributed by atoms with Crippen LogP contribution in [0, 0.1) is 10.1 Å². The maximum atomic E-state index is 12.8. The highest BCUT2D eigenvalue weighted by Crippen LogP contribution is 2.28. The second-order valence-electron chi connectivity index (χ2n) is 8.06. The molecule has 0 unspecified atom stereocenters. The highest BCUT2D eigenvalue weighted by atomic mass is 32.2. The smallest absolute Gasteiger partial charge is 0.292 e. The summed E-state index contributed by atoms with van der Waals surface area (Å²) in [6, 6.07) is 8.92. The maximum absolute atomic E-state index is 12.8. The van der Waals surface area contributed by atoms with E-state index in [-0.39, 0.29) is 23.0 Å². The van der Waals surface area contributed by atoms with E-state index in [4.69, 9.17) is 0 Å². The molecule has 1 amide bonds. The van der Waals surface area contributed by atoms with Crippen molar-refractivity contribution in [2.24, 2.45) is 0 Å². The Morgan fingerprint density at radius 1 is 0.970 bits per heavy atom. The molecular formula is C21H25N5O6S. The maximum Gasteiger partial charge on any atom is 0.292 e. The van der Waals surface area contributed by atoms with Gasteiger partial charge in [0.2, 0.25) is 15.9 Å². The molecule has 1 aromatic heterocycles. The lowest BCUT2D eigenvalue weighted by Crippen LogP contribution is -2.50. The molecule has 0 bridgehead atoms. The predicted molar refractivity (Wildman–Crippen MR) is 121 cm³/mol. The van der Waals surface area contributed by atoms with Gasteiger partial charge in [0.25, 0.3) is 11.2 Å². The predicted octanol–water partition coefficient (Wildman–Crippen LogP) is 0.890. The molecule has 2 saturated heterocycles. The number of nitro benzene ring substituents is 1. The number of para-hydroxylation sites is 2. The molecule has 0 saturated carbocycles. The molecule has 2 aliphatic heterocycles.